The number of nitrogens with two attached hydrogens (primary N) is 1. The molecule has 1 heterocycles. The molecule has 0 radical (unpaired) electrons. The molecule has 0 aliphatic heterocycles. The van der Waals surface area contributed by atoms with Crippen molar-refractivity contribution in [2.75, 3.05) is 11.9 Å². The number of nitrogens with one attached hydrogen (secondary N) is 1. The van der Waals surface area contributed by atoms with Crippen LogP contribution in [0.3, 0.4) is 0 Å². The first-order valence-corrected chi connectivity index (χ1v) is 7.99. The van der Waals surface area contributed by atoms with E-state index in [1.165, 1.54) is 16.1 Å². The SMILES string of the molecule is CCc1nc(CCN=C(N)Nc2ccc(C)cc2)sc1C. The van der Waals surface area contributed by atoms with Gasteiger partial charge >= 0.3 is 0 Å². The molecule has 0 amide bonds. The van der Waals surface area contributed by atoms with Gasteiger partial charge in [-0.3, -0.25) is 4.99 Å². The quantitative estimate of drug-likeness (QED) is 0.658. The van der Waals surface area contributed by atoms with Crippen molar-refractivity contribution in [2.24, 2.45) is 10.7 Å². The molecule has 0 saturated heterocycles. The van der Waals surface area contributed by atoms with Crippen LogP contribution in [0.1, 0.15) is 28.1 Å². The summed E-state index contributed by atoms with van der Waals surface area (Å²) in [6.07, 6.45) is 1.82. The van der Waals surface area contributed by atoms with Crippen LogP contribution in [0.5, 0.6) is 0 Å². The van der Waals surface area contributed by atoms with E-state index < -0.39 is 0 Å². The summed E-state index contributed by atoms with van der Waals surface area (Å²) in [6.45, 7) is 6.96. The lowest BCUT2D eigenvalue weighted by Gasteiger charge is -2.05. The number of thiazole rings is 1. The smallest absolute Gasteiger partial charge is 0.193 e. The molecular weight excluding hydrogens is 280 g/mol. The number of nitrogens with zero attached hydrogens (tertiary/aromatic N) is 2. The Morgan fingerprint density at radius 1 is 1.29 bits per heavy atom. The van der Waals surface area contributed by atoms with Gasteiger partial charge in [0, 0.05) is 23.5 Å². The van der Waals surface area contributed by atoms with Gasteiger partial charge in [0.1, 0.15) is 0 Å². The first-order chi connectivity index (χ1) is 10.1. The molecule has 1 aromatic carbocycles. The number of hydrogen-bond acceptors (Lipinski definition) is 3. The van der Waals surface area contributed by atoms with E-state index in [1.807, 2.05) is 24.3 Å². The zero-order chi connectivity index (χ0) is 15.2. The van der Waals surface area contributed by atoms with Crippen molar-refractivity contribution >= 4 is 23.0 Å². The first-order valence-electron chi connectivity index (χ1n) is 7.17. The fourth-order valence-corrected chi connectivity index (χ4v) is 3.03. The maximum Gasteiger partial charge on any atom is 0.193 e. The number of hydrogen-bond donors (Lipinski definition) is 2. The zero-order valence-corrected chi connectivity index (χ0v) is 13.6. The number of anilines is 1. The summed E-state index contributed by atoms with van der Waals surface area (Å²) in [5.74, 6) is 0.447. The predicted molar refractivity (Wildman–Crippen MR) is 91.2 cm³/mol. The Hall–Kier alpha value is -1.88. The maximum absolute atomic E-state index is 5.89. The van der Waals surface area contributed by atoms with Gasteiger partial charge < -0.3 is 11.1 Å². The van der Waals surface area contributed by atoms with E-state index in [2.05, 4.69) is 36.1 Å². The number of aromatic nitrogens is 1. The van der Waals surface area contributed by atoms with Gasteiger partial charge in [0.25, 0.3) is 0 Å². The highest BCUT2D eigenvalue weighted by molar-refractivity contribution is 7.11. The molecule has 4 nitrogen and oxygen atoms in total. The predicted octanol–water partition coefficient (Wildman–Crippen LogP) is 3.29. The summed E-state index contributed by atoms with van der Waals surface area (Å²) in [4.78, 5) is 10.3. The highest BCUT2D eigenvalue weighted by atomic mass is 32.1. The minimum absolute atomic E-state index is 0.447. The van der Waals surface area contributed by atoms with Crippen molar-refractivity contribution < 1.29 is 0 Å². The van der Waals surface area contributed by atoms with Crippen LogP contribution >= 0.6 is 11.3 Å². The second-order valence-electron chi connectivity index (χ2n) is 4.97. The summed E-state index contributed by atoms with van der Waals surface area (Å²) in [5, 5.41) is 4.23. The first kappa shape index (κ1) is 15.5. The molecule has 2 rings (SSSR count). The van der Waals surface area contributed by atoms with E-state index in [4.69, 9.17) is 5.73 Å². The van der Waals surface area contributed by atoms with Crippen LogP contribution in [0.2, 0.25) is 0 Å². The molecule has 21 heavy (non-hydrogen) atoms. The van der Waals surface area contributed by atoms with E-state index in [-0.39, 0.29) is 0 Å². The minimum Gasteiger partial charge on any atom is -0.370 e. The van der Waals surface area contributed by atoms with Gasteiger partial charge in [0.2, 0.25) is 0 Å². The van der Waals surface area contributed by atoms with Crippen molar-refractivity contribution in [1.82, 2.24) is 4.98 Å². The lowest BCUT2D eigenvalue weighted by Crippen LogP contribution is -2.23. The molecule has 112 valence electrons. The van der Waals surface area contributed by atoms with Crippen LogP contribution in [-0.4, -0.2) is 17.5 Å². The van der Waals surface area contributed by atoms with Gasteiger partial charge in [0.05, 0.1) is 10.7 Å². The second-order valence-corrected chi connectivity index (χ2v) is 6.26. The molecule has 0 saturated carbocycles. The van der Waals surface area contributed by atoms with Crippen LogP contribution < -0.4 is 11.1 Å². The zero-order valence-electron chi connectivity index (χ0n) is 12.8. The molecular formula is C16H22N4S. The summed E-state index contributed by atoms with van der Waals surface area (Å²) >= 11 is 1.75. The summed E-state index contributed by atoms with van der Waals surface area (Å²) in [5.41, 5.74) is 9.27. The highest BCUT2D eigenvalue weighted by Crippen LogP contribution is 2.18. The Morgan fingerprint density at radius 3 is 2.62 bits per heavy atom. The third kappa shape index (κ3) is 4.56. The number of rotatable bonds is 5. The van der Waals surface area contributed by atoms with Crippen LogP contribution in [0.4, 0.5) is 5.69 Å². The topological polar surface area (TPSA) is 63.3 Å². The summed E-state index contributed by atoms with van der Waals surface area (Å²) in [6, 6.07) is 8.07. The molecule has 0 aliphatic rings. The minimum atomic E-state index is 0.447. The van der Waals surface area contributed by atoms with Crippen molar-refractivity contribution in [1.29, 1.82) is 0 Å². The van der Waals surface area contributed by atoms with E-state index in [0.717, 1.165) is 23.5 Å². The van der Waals surface area contributed by atoms with E-state index in [9.17, 15) is 0 Å². The maximum atomic E-state index is 5.89. The van der Waals surface area contributed by atoms with Gasteiger partial charge in [-0.05, 0) is 32.4 Å². The van der Waals surface area contributed by atoms with Crippen LogP contribution in [0, 0.1) is 13.8 Å². The van der Waals surface area contributed by atoms with Crippen molar-refractivity contribution in [3.8, 4) is 0 Å². The van der Waals surface area contributed by atoms with Crippen molar-refractivity contribution in [3.63, 3.8) is 0 Å². The Labute approximate surface area is 130 Å². The highest BCUT2D eigenvalue weighted by Gasteiger charge is 2.05. The molecule has 0 atom stereocenters. The average molecular weight is 302 g/mol. The largest absolute Gasteiger partial charge is 0.370 e. The molecule has 0 fully saturated rings. The number of benzene rings is 1. The number of guanidine groups is 1. The Kier molecular flexibility index (Phi) is 5.33. The van der Waals surface area contributed by atoms with Crippen molar-refractivity contribution in [2.45, 2.75) is 33.6 Å². The summed E-state index contributed by atoms with van der Waals surface area (Å²) < 4.78 is 0. The Bertz CT molecular complexity index is 614. The average Bonchev–Trinajstić information content (AvgIpc) is 2.81. The fraction of sp³-hybridized carbons (Fsp3) is 0.375. The number of aryl methyl sites for hydroxylation is 3. The lowest BCUT2D eigenvalue weighted by molar-refractivity contribution is 0.925. The monoisotopic (exact) mass is 302 g/mol. The third-order valence-corrected chi connectivity index (χ3v) is 4.28. The molecule has 2 aromatic rings. The second kappa shape index (κ2) is 7.22. The molecule has 1 aromatic heterocycles. The standard InChI is InChI=1S/C16H22N4S/c1-4-14-12(3)21-15(20-14)9-10-18-16(17)19-13-7-5-11(2)6-8-13/h5-8H,4,9-10H2,1-3H3,(H3,17,18,19). The van der Waals surface area contributed by atoms with Crippen molar-refractivity contribution in [3.05, 3.63) is 45.4 Å². The molecule has 0 spiro atoms. The normalized spacial score (nSPS) is 11.7. The molecule has 5 heteroatoms. The van der Waals surface area contributed by atoms with Crippen LogP contribution in [0.15, 0.2) is 29.3 Å². The summed E-state index contributed by atoms with van der Waals surface area (Å²) in [7, 11) is 0. The van der Waals surface area contributed by atoms with E-state index in [0.29, 0.717) is 12.5 Å². The number of aliphatic imine (C=N–C) groups is 1. The van der Waals surface area contributed by atoms with Gasteiger partial charge in [-0.1, -0.05) is 24.6 Å². The van der Waals surface area contributed by atoms with Gasteiger partial charge in [-0.25, -0.2) is 4.98 Å². The molecule has 0 unspecified atom stereocenters. The van der Waals surface area contributed by atoms with Crippen LogP contribution in [-0.2, 0) is 12.8 Å². The van der Waals surface area contributed by atoms with Gasteiger partial charge in [-0.2, -0.15) is 0 Å². The Balaban J connectivity index is 1.86. The van der Waals surface area contributed by atoms with Gasteiger partial charge in [-0.15, -0.1) is 11.3 Å². The third-order valence-electron chi connectivity index (χ3n) is 3.20. The van der Waals surface area contributed by atoms with E-state index >= 15 is 0 Å². The lowest BCUT2D eigenvalue weighted by atomic mass is 10.2. The molecule has 0 bridgehead atoms. The van der Waals surface area contributed by atoms with Crippen LogP contribution in [0.25, 0.3) is 0 Å². The van der Waals surface area contributed by atoms with Gasteiger partial charge in [0.15, 0.2) is 5.96 Å². The molecule has 3 N–H and O–H groups in total. The Morgan fingerprint density at radius 2 is 2.00 bits per heavy atom. The fourth-order valence-electron chi connectivity index (χ4n) is 2.02. The van der Waals surface area contributed by atoms with E-state index in [1.54, 1.807) is 11.3 Å². The molecule has 0 aliphatic carbocycles.